The second-order valence-electron chi connectivity index (χ2n) is 7.24. The minimum absolute atomic E-state index is 0.0928. The van der Waals surface area contributed by atoms with Gasteiger partial charge in [-0.2, -0.15) is 0 Å². The Morgan fingerprint density at radius 2 is 1.70 bits per heavy atom. The number of hydrogen-bond acceptors (Lipinski definition) is 2. The molecule has 0 heterocycles. The summed E-state index contributed by atoms with van der Waals surface area (Å²) in [5.74, 6) is -0.550. The van der Waals surface area contributed by atoms with Gasteiger partial charge in [0.15, 0.2) is 0 Å². The first kappa shape index (κ1) is 20.2. The molecule has 0 aliphatic rings. The highest BCUT2D eigenvalue weighted by atomic mass is 16.2. The molecule has 0 saturated heterocycles. The first-order valence-electron chi connectivity index (χ1n) is 8.89. The van der Waals surface area contributed by atoms with Crippen LogP contribution in [0.5, 0.6) is 0 Å². The predicted octanol–water partition coefficient (Wildman–Crippen LogP) is 4.55. The second-order valence-corrected chi connectivity index (χ2v) is 7.24. The van der Waals surface area contributed by atoms with Crippen molar-refractivity contribution in [3.8, 4) is 0 Å². The topological polar surface area (TPSA) is 58.2 Å². The molecule has 0 radical (unpaired) electrons. The third kappa shape index (κ3) is 5.96. The van der Waals surface area contributed by atoms with Gasteiger partial charge in [0.05, 0.1) is 11.3 Å². The Morgan fingerprint density at radius 3 is 2.33 bits per heavy atom. The second kappa shape index (κ2) is 8.99. The molecule has 140 valence electrons. The molecule has 0 aromatic heterocycles. The zero-order valence-corrected chi connectivity index (χ0v) is 16.1. The molecule has 0 atom stereocenters. The Bertz CT molecular complexity index is 843. The molecule has 0 saturated carbocycles. The van der Waals surface area contributed by atoms with Crippen molar-refractivity contribution in [1.29, 1.82) is 0 Å². The molecule has 0 unspecified atom stereocenters. The monoisotopic (exact) mass is 362 g/mol. The van der Waals surface area contributed by atoms with E-state index in [0.717, 1.165) is 5.56 Å². The maximum atomic E-state index is 12.3. The van der Waals surface area contributed by atoms with Crippen molar-refractivity contribution in [3.63, 3.8) is 0 Å². The summed E-state index contributed by atoms with van der Waals surface area (Å²) in [6.45, 7) is 10.4. The molecule has 0 spiro atoms. The molecule has 0 fully saturated rings. The highest BCUT2D eigenvalue weighted by Crippen LogP contribution is 2.22. The lowest BCUT2D eigenvalue weighted by atomic mass is 9.87. The largest absolute Gasteiger partial charge is 0.349 e. The number of nitrogens with one attached hydrogen (secondary N) is 2. The quantitative estimate of drug-likeness (QED) is 0.585. The van der Waals surface area contributed by atoms with Crippen molar-refractivity contribution in [2.24, 2.45) is 0 Å². The first-order valence-corrected chi connectivity index (χ1v) is 8.89. The van der Waals surface area contributed by atoms with Crippen LogP contribution in [0.3, 0.4) is 0 Å². The van der Waals surface area contributed by atoms with E-state index in [1.165, 1.54) is 11.6 Å². The van der Waals surface area contributed by atoms with Crippen molar-refractivity contribution in [1.82, 2.24) is 5.32 Å². The summed E-state index contributed by atoms with van der Waals surface area (Å²) in [6, 6.07) is 15.0. The van der Waals surface area contributed by atoms with Crippen LogP contribution >= 0.6 is 0 Å². The van der Waals surface area contributed by atoms with E-state index in [1.807, 2.05) is 12.1 Å². The number of carbonyl (C=O) groups is 2. The molecule has 2 rings (SSSR count). The molecule has 27 heavy (non-hydrogen) atoms. The van der Waals surface area contributed by atoms with Crippen LogP contribution in [0.15, 0.2) is 67.3 Å². The molecular weight excluding hydrogens is 336 g/mol. The van der Waals surface area contributed by atoms with Gasteiger partial charge in [-0.3, -0.25) is 9.59 Å². The smallest absolute Gasteiger partial charge is 0.253 e. The van der Waals surface area contributed by atoms with Crippen LogP contribution in [0.4, 0.5) is 5.69 Å². The van der Waals surface area contributed by atoms with Gasteiger partial charge in [-0.15, -0.1) is 6.58 Å². The Morgan fingerprint density at radius 1 is 1.04 bits per heavy atom. The number of rotatable bonds is 6. The third-order valence-electron chi connectivity index (χ3n) is 4.04. The van der Waals surface area contributed by atoms with E-state index in [4.69, 9.17) is 0 Å². The molecule has 4 nitrogen and oxygen atoms in total. The number of anilines is 1. The standard InChI is InChI=1S/C23H26N2O2/c1-5-16-24-22(27)19-8-6-7-9-20(19)25-21(26)15-12-17-10-13-18(14-11-17)23(2,3)4/h5-15H,1,16H2,2-4H3,(H,24,27)(H,25,26)/b15-12+. The van der Waals surface area contributed by atoms with E-state index in [1.54, 1.807) is 36.4 Å². The van der Waals surface area contributed by atoms with Crippen LogP contribution in [0.1, 0.15) is 42.3 Å². The van der Waals surface area contributed by atoms with Crippen molar-refractivity contribution in [2.45, 2.75) is 26.2 Å². The third-order valence-corrected chi connectivity index (χ3v) is 4.04. The van der Waals surface area contributed by atoms with Crippen LogP contribution in [-0.2, 0) is 10.2 Å². The molecule has 0 bridgehead atoms. The van der Waals surface area contributed by atoms with E-state index >= 15 is 0 Å². The lowest BCUT2D eigenvalue weighted by Crippen LogP contribution is -2.24. The Balaban J connectivity index is 2.06. The predicted molar refractivity (Wildman–Crippen MR) is 112 cm³/mol. The highest BCUT2D eigenvalue weighted by molar-refractivity contribution is 6.07. The van der Waals surface area contributed by atoms with E-state index in [-0.39, 0.29) is 17.2 Å². The van der Waals surface area contributed by atoms with Gasteiger partial charge in [0.25, 0.3) is 5.91 Å². The maximum Gasteiger partial charge on any atom is 0.253 e. The van der Waals surface area contributed by atoms with Crippen molar-refractivity contribution >= 4 is 23.6 Å². The maximum absolute atomic E-state index is 12.3. The van der Waals surface area contributed by atoms with Crippen LogP contribution in [-0.4, -0.2) is 18.4 Å². The normalized spacial score (nSPS) is 11.2. The molecule has 0 aliphatic carbocycles. The number of benzene rings is 2. The van der Waals surface area contributed by atoms with E-state index in [9.17, 15) is 9.59 Å². The lowest BCUT2D eigenvalue weighted by molar-refractivity contribution is -0.111. The van der Waals surface area contributed by atoms with Crippen LogP contribution in [0.25, 0.3) is 6.08 Å². The molecule has 2 amide bonds. The van der Waals surface area contributed by atoms with Crippen LogP contribution < -0.4 is 10.6 Å². The summed E-state index contributed by atoms with van der Waals surface area (Å²) in [6.07, 6.45) is 4.82. The Labute approximate surface area is 161 Å². The SMILES string of the molecule is C=CCNC(=O)c1ccccc1NC(=O)/C=C/c1ccc(C(C)(C)C)cc1. The van der Waals surface area contributed by atoms with E-state index in [0.29, 0.717) is 17.8 Å². The van der Waals surface area contributed by atoms with Crippen LogP contribution in [0.2, 0.25) is 0 Å². The molecule has 2 aromatic rings. The highest BCUT2D eigenvalue weighted by Gasteiger charge is 2.13. The molecular formula is C23H26N2O2. The fraction of sp³-hybridized carbons (Fsp3) is 0.217. The fourth-order valence-electron chi connectivity index (χ4n) is 2.49. The van der Waals surface area contributed by atoms with Gasteiger partial charge in [0.2, 0.25) is 5.91 Å². The minimum atomic E-state index is -0.293. The summed E-state index contributed by atoms with van der Waals surface area (Å²) in [5.41, 5.74) is 3.15. The van der Waals surface area contributed by atoms with Crippen molar-refractivity contribution < 1.29 is 9.59 Å². The minimum Gasteiger partial charge on any atom is -0.349 e. The molecule has 2 aromatic carbocycles. The average Bonchev–Trinajstić information content (AvgIpc) is 2.64. The van der Waals surface area contributed by atoms with Crippen LogP contribution in [0, 0.1) is 0 Å². The zero-order chi connectivity index (χ0) is 19.9. The van der Waals surface area contributed by atoms with Gasteiger partial charge >= 0.3 is 0 Å². The van der Waals surface area contributed by atoms with Gasteiger partial charge < -0.3 is 10.6 Å². The first-order chi connectivity index (χ1) is 12.8. The van der Waals surface area contributed by atoms with Gasteiger partial charge in [-0.05, 0) is 34.8 Å². The zero-order valence-electron chi connectivity index (χ0n) is 16.1. The van der Waals surface area contributed by atoms with Crippen molar-refractivity contribution in [3.05, 3.63) is 84.0 Å². The van der Waals surface area contributed by atoms with Gasteiger partial charge in [0, 0.05) is 12.6 Å². The van der Waals surface area contributed by atoms with Gasteiger partial charge in [-0.25, -0.2) is 0 Å². The van der Waals surface area contributed by atoms with E-state index < -0.39 is 0 Å². The summed E-state index contributed by atoms with van der Waals surface area (Å²) in [4.78, 5) is 24.4. The molecule has 4 heteroatoms. The summed E-state index contributed by atoms with van der Waals surface area (Å²) >= 11 is 0. The lowest BCUT2D eigenvalue weighted by Gasteiger charge is -2.18. The van der Waals surface area contributed by atoms with Gasteiger partial charge in [-0.1, -0.05) is 63.2 Å². The molecule has 0 aliphatic heterocycles. The number of amides is 2. The summed E-state index contributed by atoms with van der Waals surface area (Å²) in [7, 11) is 0. The Kier molecular flexibility index (Phi) is 6.72. The number of carbonyl (C=O) groups excluding carboxylic acids is 2. The fourth-order valence-corrected chi connectivity index (χ4v) is 2.49. The van der Waals surface area contributed by atoms with Gasteiger partial charge in [0.1, 0.15) is 0 Å². The van der Waals surface area contributed by atoms with E-state index in [2.05, 4.69) is 50.1 Å². The summed E-state index contributed by atoms with van der Waals surface area (Å²) in [5, 5.41) is 5.47. The average molecular weight is 362 g/mol. The van der Waals surface area contributed by atoms with Crippen molar-refractivity contribution in [2.75, 3.05) is 11.9 Å². The summed E-state index contributed by atoms with van der Waals surface area (Å²) < 4.78 is 0. The number of para-hydroxylation sites is 1. The number of hydrogen-bond donors (Lipinski definition) is 2. The Hall–Kier alpha value is -3.14. The molecule has 2 N–H and O–H groups in total.